The van der Waals surface area contributed by atoms with Crippen LogP contribution < -0.4 is 5.32 Å². The van der Waals surface area contributed by atoms with Crippen molar-refractivity contribution < 1.29 is 18.1 Å². The van der Waals surface area contributed by atoms with Crippen molar-refractivity contribution in [2.45, 2.75) is 25.6 Å². The number of benzene rings is 1. The highest BCUT2D eigenvalue weighted by Crippen LogP contribution is 2.35. The molecule has 1 unspecified atom stereocenters. The highest BCUT2D eigenvalue weighted by molar-refractivity contribution is 5.64. The first-order valence-corrected chi connectivity index (χ1v) is 5.38. The van der Waals surface area contributed by atoms with Crippen LogP contribution in [-0.4, -0.2) is 11.0 Å². The van der Waals surface area contributed by atoms with Gasteiger partial charge in [0.05, 0.1) is 16.5 Å². The van der Waals surface area contributed by atoms with Crippen LogP contribution in [0.2, 0.25) is 0 Å². The smallest absolute Gasteiger partial charge is 0.366 e. The molecule has 0 aliphatic heterocycles. The van der Waals surface area contributed by atoms with E-state index in [-0.39, 0.29) is 5.69 Å². The lowest BCUT2D eigenvalue weighted by atomic mass is 10.1. The minimum absolute atomic E-state index is 0.0252. The van der Waals surface area contributed by atoms with E-state index < -0.39 is 28.4 Å². The Balaban J connectivity index is 3.20. The monoisotopic (exact) mass is 272 g/mol. The number of nitro benzene ring substituents is 1. The maximum absolute atomic E-state index is 12.5. The van der Waals surface area contributed by atoms with Gasteiger partial charge in [0.2, 0.25) is 0 Å². The van der Waals surface area contributed by atoms with Gasteiger partial charge in [-0.05, 0) is 18.6 Å². The van der Waals surface area contributed by atoms with Crippen molar-refractivity contribution in [3.8, 4) is 12.3 Å². The van der Waals surface area contributed by atoms with Crippen molar-refractivity contribution in [1.82, 2.24) is 0 Å². The molecule has 0 aromatic heterocycles. The van der Waals surface area contributed by atoms with E-state index in [9.17, 15) is 23.3 Å². The van der Waals surface area contributed by atoms with Crippen LogP contribution in [0.1, 0.15) is 18.9 Å². The Kier molecular flexibility index (Phi) is 4.38. The lowest BCUT2D eigenvalue weighted by Crippen LogP contribution is -2.17. The molecule has 0 saturated heterocycles. The molecule has 0 saturated carbocycles. The van der Waals surface area contributed by atoms with Crippen molar-refractivity contribution in [1.29, 1.82) is 0 Å². The zero-order chi connectivity index (χ0) is 14.6. The van der Waals surface area contributed by atoms with Crippen LogP contribution in [-0.2, 0) is 6.18 Å². The maximum atomic E-state index is 12.5. The quantitative estimate of drug-likeness (QED) is 0.519. The second-order valence-corrected chi connectivity index (χ2v) is 3.76. The first-order chi connectivity index (χ1) is 8.79. The molecular formula is C12H11F3N2O2. The molecule has 1 N–H and O–H groups in total. The Hall–Kier alpha value is -2.23. The summed E-state index contributed by atoms with van der Waals surface area (Å²) in [6.07, 6.45) is 1.06. The number of nitrogens with one attached hydrogen (secondary N) is 1. The first kappa shape index (κ1) is 14.8. The molecule has 0 spiro atoms. The Morgan fingerprint density at radius 1 is 1.53 bits per heavy atom. The SMILES string of the molecule is C#CC(CC)Nc1ccc(C(F)(F)F)cc1[N+](=O)[O-]. The van der Waals surface area contributed by atoms with E-state index in [2.05, 4.69) is 11.2 Å². The Morgan fingerprint density at radius 2 is 2.16 bits per heavy atom. The normalized spacial score (nSPS) is 12.6. The van der Waals surface area contributed by atoms with E-state index in [0.717, 1.165) is 12.1 Å². The standard InChI is InChI=1S/C12H11F3N2O2/c1-3-9(4-2)16-10-6-5-8(12(13,14)15)7-11(10)17(18)19/h1,5-7,9,16H,4H2,2H3. The number of hydrogen-bond donors (Lipinski definition) is 1. The maximum Gasteiger partial charge on any atom is 0.416 e. The molecule has 0 bridgehead atoms. The Labute approximate surface area is 107 Å². The molecule has 1 aromatic rings. The Morgan fingerprint density at radius 3 is 2.58 bits per heavy atom. The van der Waals surface area contributed by atoms with Crippen LogP contribution >= 0.6 is 0 Å². The van der Waals surface area contributed by atoms with Crippen LogP contribution in [0.25, 0.3) is 0 Å². The van der Waals surface area contributed by atoms with E-state index in [1.54, 1.807) is 6.92 Å². The fraction of sp³-hybridized carbons (Fsp3) is 0.333. The van der Waals surface area contributed by atoms with Gasteiger partial charge < -0.3 is 5.32 Å². The van der Waals surface area contributed by atoms with E-state index in [1.807, 2.05) is 0 Å². The molecule has 0 fully saturated rings. The first-order valence-electron chi connectivity index (χ1n) is 5.38. The molecule has 0 amide bonds. The molecule has 1 atom stereocenters. The topological polar surface area (TPSA) is 55.2 Å². The van der Waals surface area contributed by atoms with E-state index in [0.29, 0.717) is 12.5 Å². The summed E-state index contributed by atoms with van der Waals surface area (Å²) in [5.41, 5.74) is -1.75. The predicted octanol–water partition coefficient (Wildman–Crippen LogP) is 3.44. The van der Waals surface area contributed by atoms with E-state index in [4.69, 9.17) is 6.42 Å². The summed E-state index contributed by atoms with van der Waals surface area (Å²) >= 11 is 0. The summed E-state index contributed by atoms with van der Waals surface area (Å²) in [5, 5.41) is 13.5. The van der Waals surface area contributed by atoms with Gasteiger partial charge in [-0.1, -0.05) is 12.8 Å². The van der Waals surface area contributed by atoms with E-state index >= 15 is 0 Å². The van der Waals surface area contributed by atoms with Gasteiger partial charge in [-0.25, -0.2) is 0 Å². The number of anilines is 1. The molecule has 19 heavy (non-hydrogen) atoms. The van der Waals surface area contributed by atoms with Crippen molar-refractivity contribution in [2.75, 3.05) is 5.32 Å². The number of nitro groups is 1. The molecule has 0 aliphatic rings. The molecule has 0 heterocycles. The van der Waals surface area contributed by atoms with Crippen LogP contribution in [0.15, 0.2) is 18.2 Å². The van der Waals surface area contributed by atoms with Crippen molar-refractivity contribution in [3.05, 3.63) is 33.9 Å². The van der Waals surface area contributed by atoms with Crippen molar-refractivity contribution in [2.24, 2.45) is 0 Å². The summed E-state index contributed by atoms with van der Waals surface area (Å²) < 4.78 is 37.4. The average Bonchev–Trinajstić information content (AvgIpc) is 2.34. The van der Waals surface area contributed by atoms with Gasteiger partial charge in [-0.15, -0.1) is 6.42 Å². The highest BCUT2D eigenvalue weighted by atomic mass is 19.4. The molecule has 7 heteroatoms. The van der Waals surface area contributed by atoms with Crippen LogP contribution in [0.5, 0.6) is 0 Å². The number of terminal acetylenes is 1. The largest absolute Gasteiger partial charge is 0.416 e. The van der Waals surface area contributed by atoms with Gasteiger partial charge in [0.25, 0.3) is 5.69 Å². The van der Waals surface area contributed by atoms with Crippen molar-refractivity contribution >= 4 is 11.4 Å². The zero-order valence-electron chi connectivity index (χ0n) is 9.99. The third-order valence-electron chi connectivity index (χ3n) is 2.46. The average molecular weight is 272 g/mol. The molecule has 4 nitrogen and oxygen atoms in total. The predicted molar refractivity (Wildman–Crippen MR) is 64.6 cm³/mol. The fourth-order valence-corrected chi connectivity index (χ4v) is 1.43. The van der Waals surface area contributed by atoms with Gasteiger partial charge in [-0.2, -0.15) is 13.2 Å². The van der Waals surface area contributed by atoms with Gasteiger partial charge in [0.1, 0.15) is 5.69 Å². The minimum Gasteiger partial charge on any atom is -0.366 e. The summed E-state index contributed by atoms with van der Waals surface area (Å²) in [5.74, 6) is 2.36. The summed E-state index contributed by atoms with van der Waals surface area (Å²) in [7, 11) is 0. The number of alkyl halides is 3. The van der Waals surface area contributed by atoms with Gasteiger partial charge in [0.15, 0.2) is 0 Å². The molecule has 1 rings (SSSR count). The molecular weight excluding hydrogens is 261 g/mol. The summed E-state index contributed by atoms with van der Waals surface area (Å²) in [4.78, 5) is 9.93. The van der Waals surface area contributed by atoms with E-state index in [1.165, 1.54) is 0 Å². The lowest BCUT2D eigenvalue weighted by molar-refractivity contribution is -0.384. The second-order valence-electron chi connectivity index (χ2n) is 3.76. The van der Waals surface area contributed by atoms with Crippen LogP contribution in [0, 0.1) is 22.5 Å². The van der Waals surface area contributed by atoms with Gasteiger partial charge in [0, 0.05) is 6.07 Å². The molecule has 0 aliphatic carbocycles. The molecule has 102 valence electrons. The Bertz CT molecular complexity index is 521. The number of nitrogens with zero attached hydrogens (tertiary/aromatic N) is 1. The summed E-state index contributed by atoms with van der Waals surface area (Å²) in [6, 6.07) is 1.81. The highest BCUT2D eigenvalue weighted by Gasteiger charge is 2.33. The molecule has 1 aromatic carbocycles. The van der Waals surface area contributed by atoms with Crippen LogP contribution in [0.3, 0.4) is 0 Å². The number of hydrogen-bond acceptors (Lipinski definition) is 3. The number of rotatable bonds is 4. The van der Waals surface area contributed by atoms with Crippen molar-refractivity contribution in [3.63, 3.8) is 0 Å². The fourth-order valence-electron chi connectivity index (χ4n) is 1.43. The van der Waals surface area contributed by atoms with Crippen LogP contribution in [0.4, 0.5) is 24.5 Å². The lowest BCUT2D eigenvalue weighted by Gasteiger charge is -2.13. The third-order valence-corrected chi connectivity index (χ3v) is 2.46. The number of halogens is 3. The zero-order valence-corrected chi connectivity index (χ0v) is 9.99. The molecule has 0 radical (unpaired) electrons. The summed E-state index contributed by atoms with van der Waals surface area (Å²) in [6.45, 7) is 1.76. The third kappa shape index (κ3) is 3.61. The minimum atomic E-state index is -4.63. The van der Waals surface area contributed by atoms with Gasteiger partial charge in [-0.3, -0.25) is 10.1 Å². The second kappa shape index (κ2) is 5.61. The van der Waals surface area contributed by atoms with Gasteiger partial charge >= 0.3 is 6.18 Å².